The van der Waals surface area contributed by atoms with E-state index in [0.717, 1.165) is 12.3 Å². The lowest BCUT2D eigenvalue weighted by Crippen LogP contribution is -2.37. The summed E-state index contributed by atoms with van der Waals surface area (Å²) < 4.78 is 0. The summed E-state index contributed by atoms with van der Waals surface area (Å²) in [5, 5.41) is 13.4. The zero-order chi connectivity index (χ0) is 15.5. The molecule has 0 aromatic carbocycles. The van der Waals surface area contributed by atoms with Gasteiger partial charge in [-0.2, -0.15) is 0 Å². The summed E-state index contributed by atoms with van der Waals surface area (Å²) in [6.07, 6.45) is 1.03. The minimum atomic E-state index is -0.610. The molecular weight excluding hydrogens is 260 g/mol. The van der Waals surface area contributed by atoms with Gasteiger partial charge in [-0.1, -0.05) is 27.7 Å². The summed E-state index contributed by atoms with van der Waals surface area (Å²) in [5.74, 6) is -0.0914. The second-order valence-corrected chi connectivity index (χ2v) is 5.71. The molecule has 20 heavy (non-hydrogen) atoms. The molecular formula is C13H20N4O3. The summed E-state index contributed by atoms with van der Waals surface area (Å²) in [7, 11) is 0. The number of carbonyl (C=O) groups is 1. The quantitative estimate of drug-likeness (QED) is 0.632. The van der Waals surface area contributed by atoms with E-state index in [2.05, 4.69) is 24.1 Å². The molecule has 0 bridgehead atoms. The van der Waals surface area contributed by atoms with Gasteiger partial charge in [-0.15, -0.1) is 0 Å². The minimum Gasteiger partial charge on any atom is -0.383 e. The van der Waals surface area contributed by atoms with Crippen LogP contribution in [0.5, 0.6) is 0 Å². The number of nitro groups is 1. The summed E-state index contributed by atoms with van der Waals surface area (Å²) in [6.45, 7) is 8.65. The van der Waals surface area contributed by atoms with Gasteiger partial charge in [-0.25, -0.2) is 4.98 Å². The highest BCUT2D eigenvalue weighted by atomic mass is 16.6. The van der Waals surface area contributed by atoms with E-state index < -0.39 is 10.8 Å². The van der Waals surface area contributed by atoms with Crippen LogP contribution < -0.4 is 11.1 Å². The molecule has 1 amide bonds. The Morgan fingerprint density at radius 3 is 2.65 bits per heavy atom. The monoisotopic (exact) mass is 280 g/mol. The highest BCUT2D eigenvalue weighted by Gasteiger charge is 2.24. The van der Waals surface area contributed by atoms with Crippen LogP contribution in [0.3, 0.4) is 0 Å². The topological polar surface area (TPSA) is 111 Å². The highest BCUT2D eigenvalue weighted by Crippen LogP contribution is 2.25. The van der Waals surface area contributed by atoms with Crippen LogP contribution in [0.25, 0.3) is 0 Å². The Morgan fingerprint density at radius 2 is 2.15 bits per heavy atom. The van der Waals surface area contributed by atoms with Gasteiger partial charge in [0.15, 0.2) is 0 Å². The zero-order valence-electron chi connectivity index (χ0n) is 12.1. The number of carbonyl (C=O) groups excluding carboxylic acids is 1. The van der Waals surface area contributed by atoms with E-state index >= 15 is 0 Å². The van der Waals surface area contributed by atoms with E-state index in [1.165, 1.54) is 0 Å². The van der Waals surface area contributed by atoms with Crippen LogP contribution in [0.4, 0.5) is 11.5 Å². The molecule has 1 rings (SSSR count). The van der Waals surface area contributed by atoms with E-state index in [1.54, 1.807) is 0 Å². The smallest absolute Gasteiger partial charge is 0.288 e. The summed E-state index contributed by atoms with van der Waals surface area (Å²) in [5.41, 5.74) is 5.28. The van der Waals surface area contributed by atoms with Crippen molar-refractivity contribution in [3.05, 3.63) is 27.9 Å². The molecule has 0 saturated carbocycles. The average molecular weight is 280 g/mol. The lowest BCUT2D eigenvalue weighted by molar-refractivity contribution is -0.385. The molecule has 7 nitrogen and oxygen atoms in total. The number of rotatable bonds is 5. The number of nitrogens with zero attached hydrogens (tertiary/aromatic N) is 2. The number of hydrogen-bond donors (Lipinski definition) is 2. The van der Waals surface area contributed by atoms with Crippen molar-refractivity contribution in [2.75, 3.05) is 12.3 Å². The number of nitrogens with two attached hydrogens (primary N) is 1. The van der Waals surface area contributed by atoms with Gasteiger partial charge in [0.05, 0.1) is 10.5 Å². The first kappa shape index (κ1) is 15.9. The minimum absolute atomic E-state index is 0.0181. The number of nitrogen functional groups attached to an aromatic ring is 1. The maximum absolute atomic E-state index is 12.1. The molecule has 0 aliphatic carbocycles. The third-order valence-corrected chi connectivity index (χ3v) is 3.63. The standard InChI is InChI=1S/C13H20N4O3/c1-8(2)13(3,4)7-16-12(18)10-5-9(17(19)20)6-15-11(10)14/h5-6,8H,7H2,1-4H3,(H2,14,15)(H,16,18). The summed E-state index contributed by atoms with van der Waals surface area (Å²) >= 11 is 0. The lowest BCUT2D eigenvalue weighted by atomic mass is 9.81. The SMILES string of the molecule is CC(C)C(C)(C)CNC(=O)c1cc([N+](=O)[O-])cnc1N. The van der Waals surface area contributed by atoms with Crippen LogP contribution in [0.1, 0.15) is 38.1 Å². The zero-order valence-corrected chi connectivity index (χ0v) is 12.1. The fourth-order valence-corrected chi connectivity index (χ4v) is 1.35. The Bertz CT molecular complexity index is 526. The lowest BCUT2D eigenvalue weighted by Gasteiger charge is -2.29. The second-order valence-electron chi connectivity index (χ2n) is 5.71. The van der Waals surface area contributed by atoms with E-state index in [1.807, 2.05) is 13.8 Å². The van der Waals surface area contributed by atoms with Gasteiger partial charge in [0.25, 0.3) is 11.6 Å². The van der Waals surface area contributed by atoms with E-state index in [4.69, 9.17) is 5.73 Å². The number of nitrogens with one attached hydrogen (secondary N) is 1. The molecule has 0 aliphatic rings. The first-order chi connectivity index (χ1) is 9.15. The van der Waals surface area contributed by atoms with Gasteiger partial charge in [0, 0.05) is 12.6 Å². The molecule has 1 aromatic rings. The van der Waals surface area contributed by atoms with Crippen molar-refractivity contribution in [3.63, 3.8) is 0 Å². The van der Waals surface area contributed by atoms with Gasteiger partial charge in [0.1, 0.15) is 12.0 Å². The van der Waals surface area contributed by atoms with Crippen LogP contribution in [-0.2, 0) is 0 Å². The third kappa shape index (κ3) is 3.66. The van der Waals surface area contributed by atoms with Crippen molar-refractivity contribution in [3.8, 4) is 0 Å². The van der Waals surface area contributed by atoms with Gasteiger partial charge in [0.2, 0.25) is 0 Å². The molecule has 0 saturated heterocycles. The normalized spacial score (nSPS) is 11.4. The van der Waals surface area contributed by atoms with Crippen LogP contribution in [0, 0.1) is 21.4 Å². The Morgan fingerprint density at radius 1 is 1.55 bits per heavy atom. The predicted octanol–water partition coefficient (Wildman–Crippen LogP) is 1.98. The maximum atomic E-state index is 12.1. The number of amides is 1. The molecule has 7 heteroatoms. The van der Waals surface area contributed by atoms with E-state index in [-0.39, 0.29) is 22.5 Å². The Kier molecular flexibility index (Phi) is 4.65. The number of pyridine rings is 1. The van der Waals surface area contributed by atoms with Gasteiger partial charge >= 0.3 is 0 Å². The van der Waals surface area contributed by atoms with Gasteiger partial charge in [-0.3, -0.25) is 14.9 Å². The maximum Gasteiger partial charge on any atom is 0.288 e. The van der Waals surface area contributed by atoms with Gasteiger partial charge in [-0.05, 0) is 11.3 Å². The highest BCUT2D eigenvalue weighted by molar-refractivity contribution is 5.98. The predicted molar refractivity (Wildman–Crippen MR) is 76.3 cm³/mol. The molecule has 0 spiro atoms. The van der Waals surface area contributed by atoms with E-state index in [0.29, 0.717) is 12.5 Å². The fraction of sp³-hybridized carbons (Fsp3) is 0.538. The molecule has 0 unspecified atom stereocenters. The largest absolute Gasteiger partial charge is 0.383 e. The van der Waals surface area contributed by atoms with Crippen LogP contribution in [0.15, 0.2) is 12.3 Å². The third-order valence-electron chi connectivity index (χ3n) is 3.63. The Hall–Kier alpha value is -2.18. The van der Waals surface area contributed by atoms with Crippen LogP contribution >= 0.6 is 0 Å². The van der Waals surface area contributed by atoms with Crippen molar-refractivity contribution < 1.29 is 9.72 Å². The Labute approximate surface area is 117 Å². The molecule has 1 heterocycles. The number of anilines is 1. The molecule has 1 aromatic heterocycles. The van der Waals surface area contributed by atoms with Crippen molar-refractivity contribution in [1.29, 1.82) is 0 Å². The summed E-state index contributed by atoms with van der Waals surface area (Å²) in [4.78, 5) is 25.8. The number of aromatic nitrogens is 1. The van der Waals surface area contributed by atoms with Crippen molar-refractivity contribution >= 4 is 17.4 Å². The van der Waals surface area contributed by atoms with E-state index in [9.17, 15) is 14.9 Å². The molecule has 0 radical (unpaired) electrons. The van der Waals surface area contributed by atoms with Crippen molar-refractivity contribution in [2.45, 2.75) is 27.7 Å². The summed E-state index contributed by atoms with van der Waals surface area (Å²) in [6, 6.07) is 1.14. The van der Waals surface area contributed by atoms with Crippen LogP contribution in [-0.4, -0.2) is 22.4 Å². The van der Waals surface area contributed by atoms with Gasteiger partial charge < -0.3 is 11.1 Å². The fourth-order valence-electron chi connectivity index (χ4n) is 1.35. The first-order valence-electron chi connectivity index (χ1n) is 6.33. The molecule has 110 valence electrons. The molecule has 0 aliphatic heterocycles. The average Bonchev–Trinajstić information content (AvgIpc) is 2.36. The molecule has 3 N–H and O–H groups in total. The van der Waals surface area contributed by atoms with Crippen molar-refractivity contribution in [1.82, 2.24) is 10.3 Å². The van der Waals surface area contributed by atoms with Crippen LogP contribution in [0.2, 0.25) is 0 Å². The second kappa shape index (κ2) is 5.85. The number of hydrogen-bond acceptors (Lipinski definition) is 5. The Balaban J connectivity index is 2.88. The molecule has 0 fully saturated rings. The molecule has 0 atom stereocenters. The first-order valence-corrected chi connectivity index (χ1v) is 6.33. The van der Waals surface area contributed by atoms with Crippen molar-refractivity contribution in [2.24, 2.45) is 11.3 Å².